The van der Waals surface area contributed by atoms with Gasteiger partial charge in [0.1, 0.15) is 0 Å². The highest BCUT2D eigenvalue weighted by Crippen LogP contribution is 2.20. The van der Waals surface area contributed by atoms with E-state index in [4.69, 9.17) is 0 Å². The molecule has 0 radical (unpaired) electrons. The molecule has 110 valence electrons. The van der Waals surface area contributed by atoms with Crippen molar-refractivity contribution in [3.8, 4) is 0 Å². The second kappa shape index (κ2) is 6.89. The van der Waals surface area contributed by atoms with Crippen LogP contribution in [0, 0.1) is 19.8 Å². The van der Waals surface area contributed by atoms with Crippen molar-refractivity contribution < 1.29 is 4.79 Å². The number of nitrogens with zero attached hydrogens (tertiary/aromatic N) is 1. The van der Waals surface area contributed by atoms with E-state index in [1.165, 1.54) is 12.8 Å². The van der Waals surface area contributed by atoms with E-state index in [2.05, 4.69) is 17.1 Å². The van der Waals surface area contributed by atoms with Crippen molar-refractivity contribution in [3.63, 3.8) is 0 Å². The lowest BCUT2D eigenvalue weighted by atomic mass is 9.99. The minimum absolute atomic E-state index is 0.126. The van der Waals surface area contributed by atoms with E-state index < -0.39 is 0 Å². The molecule has 1 amide bonds. The molecule has 0 spiro atoms. The van der Waals surface area contributed by atoms with Crippen LogP contribution in [-0.4, -0.2) is 30.4 Å². The highest BCUT2D eigenvalue weighted by Gasteiger charge is 2.16. The fraction of sp³-hybridized carbons (Fsp3) is 0.588. The molecule has 1 heterocycles. The summed E-state index contributed by atoms with van der Waals surface area (Å²) >= 11 is 0. The van der Waals surface area contributed by atoms with Gasteiger partial charge in [-0.1, -0.05) is 25.1 Å². The van der Waals surface area contributed by atoms with Gasteiger partial charge in [-0.25, -0.2) is 0 Å². The Labute approximate surface area is 122 Å². The lowest BCUT2D eigenvalue weighted by Gasteiger charge is -2.29. The van der Waals surface area contributed by atoms with Crippen LogP contribution in [0.1, 0.15) is 37.3 Å². The minimum atomic E-state index is 0.126. The SMILES string of the molecule is Cc1cccc(C)c1NC(=O)CCN1CCC(C)CC1. The van der Waals surface area contributed by atoms with Crippen molar-refractivity contribution in [1.29, 1.82) is 0 Å². The van der Waals surface area contributed by atoms with E-state index in [-0.39, 0.29) is 5.91 Å². The summed E-state index contributed by atoms with van der Waals surface area (Å²) in [7, 11) is 0. The molecule has 1 aromatic rings. The number of nitrogens with one attached hydrogen (secondary N) is 1. The van der Waals surface area contributed by atoms with Crippen LogP contribution in [-0.2, 0) is 4.79 Å². The van der Waals surface area contributed by atoms with Gasteiger partial charge in [0.05, 0.1) is 0 Å². The van der Waals surface area contributed by atoms with Crippen LogP contribution in [0.3, 0.4) is 0 Å². The van der Waals surface area contributed by atoms with E-state index in [0.29, 0.717) is 6.42 Å². The van der Waals surface area contributed by atoms with Crippen molar-refractivity contribution in [2.45, 2.75) is 40.0 Å². The van der Waals surface area contributed by atoms with Gasteiger partial charge in [-0.15, -0.1) is 0 Å². The predicted octanol–water partition coefficient (Wildman–Crippen LogP) is 3.36. The molecule has 1 saturated heterocycles. The highest BCUT2D eigenvalue weighted by molar-refractivity contribution is 5.92. The molecule has 3 heteroatoms. The van der Waals surface area contributed by atoms with E-state index in [9.17, 15) is 4.79 Å². The number of hydrogen-bond donors (Lipinski definition) is 1. The Morgan fingerprint density at radius 3 is 2.45 bits per heavy atom. The smallest absolute Gasteiger partial charge is 0.225 e. The molecule has 3 nitrogen and oxygen atoms in total. The first kappa shape index (κ1) is 15.0. The van der Waals surface area contributed by atoms with Gasteiger partial charge in [0, 0.05) is 18.7 Å². The lowest BCUT2D eigenvalue weighted by molar-refractivity contribution is -0.116. The lowest BCUT2D eigenvalue weighted by Crippen LogP contribution is -2.35. The molecule has 1 aromatic carbocycles. The summed E-state index contributed by atoms with van der Waals surface area (Å²) in [5.74, 6) is 0.968. The Morgan fingerprint density at radius 2 is 1.85 bits per heavy atom. The summed E-state index contributed by atoms with van der Waals surface area (Å²) < 4.78 is 0. The van der Waals surface area contributed by atoms with Gasteiger partial charge in [0.15, 0.2) is 0 Å². The zero-order chi connectivity index (χ0) is 14.5. The number of piperidine rings is 1. The summed E-state index contributed by atoms with van der Waals surface area (Å²) in [6, 6.07) is 6.10. The average molecular weight is 274 g/mol. The number of aryl methyl sites for hydroxylation is 2. The van der Waals surface area contributed by atoms with Crippen molar-refractivity contribution in [1.82, 2.24) is 4.90 Å². The molecule has 1 fully saturated rings. The topological polar surface area (TPSA) is 32.3 Å². The number of para-hydroxylation sites is 1. The first-order valence-electron chi connectivity index (χ1n) is 7.64. The predicted molar refractivity (Wildman–Crippen MR) is 84.0 cm³/mol. The summed E-state index contributed by atoms with van der Waals surface area (Å²) in [6.07, 6.45) is 3.11. The Balaban J connectivity index is 1.81. The Hall–Kier alpha value is -1.35. The molecule has 1 aliphatic rings. The van der Waals surface area contributed by atoms with Crippen LogP contribution in [0.5, 0.6) is 0 Å². The van der Waals surface area contributed by atoms with Crippen molar-refractivity contribution in [2.75, 3.05) is 25.0 Å². The molecule has 0 atom stereocenters. The molecule has 0 aliphatic carbocycles. The van der Waals surface area contributed by atoms with Crippen LogP contribution in [0.15, 0.2) is 18.2 Å². The van der Waals surface area contributed by atoms with E-state index in [0.717, 1.165) is 42.4 Å². The molecule has 0 aromatic heterocycles. The maximum Gasteiger partial charge on any atom is 0.225 e. The van der Waals surface area contributed by atoms with Crippen LogP contribution in [0.2, 0.25) is 0 Å². The second-order valence-corrected chi connectivity index (χ2v) is 6.09. The molecule has 1 aliphatic heterocycles. The van der Waals surface area contributed by atoms with Gasteiger partial charge in [-0.2, -0.15) is 0 Å². The fourth-order valence-corrected chi connectivity index (χ4v) is 2.76. The monoisotopic (exact) mass is 274 g/mol. The number of rotatable bonds is 4. The van der Waals surface area contributed by atoms with Crippen LogP contribution < -0.4 is 5.32 Å². The summed E-state index contributed by atoms with van der Waals surface area (Å²) in [6.45, 7) is 9.54. The third kappa shape index (κ3) is 4.07. The number of carbonyl (C=O) groups excluding carboxylic acids is 1. The quantitative estimate of drug-likeness (QED) is 0.913. The van der Waals surface area contributed by atoms with Gasteiger partial charge in [0.25, 0.3) is 0 Å². The summed E-state index contributed by atoms with van der Waals surface area (Å²) in [4.78, 5) is 14.5. The van der Waals surface area contributed by atoms with Gasteiger partial charge in [0.2, 0.25) is 5.91 Å². The third-order valence-electron chi connectivity index (χ3n) is 4.28. The third-order valence-corrected chi connectivity index (χ3v) is 4.28. The highest BCUT2D eigenvalue weighted by atomic mass is 16.1. The summed E-state index contributed by atoms with van der Waals surface area (Å²) in [5, 5.41) is 3.06. The number of likely N-dealkylation sites (tertiary alicyclic amines) is 1. The number of hydrogen-bond acceptors (Lipinski definition) is 2. The maximum absolute atomic E-state index is 12.1. The number of carbonyl (C=O) groups is 1. The average Bonchev–Trinajstić information content (AvgIpc) is 2.42. The molecule has 0 saturated carbocycles. The van der Waals surface area contributed by atoms with Crippen LogP contribution in [0.25, 0.3) is 0 Å². The Bertz CT molecular complexity index is 442. The zero-order valence-electron chi connectivity index (χ0n) is 12.9. The molecular formula is C17H26N2O. The summed E-state index contributed by atoms with van der Waals surface area (Å²) in [5.41, 5.74) is 3.24. The number of anilines is 1. The molecular weight excluding hydrogens is 248 g/mol. The first-order chi connectivity index (χ1) is 9.56. The van der Waals surface area contributed by atoms with Crippen molar-refractivity contribution >= 4 is 11.6 Å². The van der Waals surface area contributed by atoms with Crippen molar-refractivity contribution in [2.24, 2.45) is 5.92 Å². The molecule has 0 bridgehead atoms. The van der Waals surface area contributed by atoms with Crippen molar-refractivity contribution in [3.05, 3.63) is 29.3 Å². The van der Waals surface area contributed by atoms with E-state index >= 15 is 0 Å². The molecule has 1 N–H and O–H groups in total. The number of benzene rings is 1. The molecule has 2 rings (SSSR count). The standard InChI is InChI=1S/C17H26N2O/c1-13-7-10-19(11-8-13)12-9-16(20)18-17-14(2)5-4-6-15(17)3/h4-6,13H,7-12H2,1-3H3,(H,18,20). The van der Waals surface area contributed by atoms with E-state index in [1.807, 2.05) is 32.0 Å². The minimum Gasteiger partial charge on any atom is -0.326 e. The largest absolute Gasteiger partial charge is 0.326 e. The van der Waals surface area contributed by atoms with Gasteiger partial charge in [-0.05, 0) is 56.8 Å². The fourth-order valence-electron chi connectivity index (χ4n) is 2.76. The van der Waals surface area contributed by atoms with Gasteiger partial charge >= 0.3 is 0 Å². The molecule has 0 unspecified atom stereocenters. The number of amides is 1. The van der Waals surface area contributed by atoms with Gasteiger partial charge < -0.3 is 10.2 Å². The van der Waals surface area contributed by atoms with Gasteiger partial charge in [-0.3, -0.25) is 4.79 Å². The Kier molecular flexibility index (Phi) is 5.18. The molecule has 20 heavy (non-hydrogen) atoms. The van der Waals surface area contributed by atoms with Crippen LogP contribution >= 0.6 is 0 Å². The van der Waals surface area contributed by atoms with E-state index in [1.54, 1.807) is 0 Å². The normalized spacial score (nSPS) is 17.1. The maximum atomic E-state index is 12.1. The zero-order valence-corrected chi connectivity index (χ0v) is 12.9. The second-order valence-electron chi connectivity index (χ2n) is 6.09. The Morgan fingerprint density at radius 1 is 1.25 bits per heavy atom. The van der Waals surface area contributed by atoms with Crippen LogP contribution in [0.4, 0.5) is 5.69 Å². The first-order valence-corrected chi connectivity index (χ1v) is 7.64.